The molecule has 0 unspecified atom stereocenters. The zero-order chi connectivity index (χ0) is 19.7. The molecule has 0 saturated heterocycles. The number of nitrogens with two attached hydrogens (primary N) is 1. The lowest BCUT2D eigenvalue weighted by atomic mass is 9.99. The van der Waals surface area contributed by atoms with E-state index in [9.17, 15) is 4.79 Å². The second-order valence-electron chi connectivity index (χ2n) is 6.26. The van der Waals surface area contributed by atoms with Crippen LogP contribution >= 0.6 is 35.0 Å². The zero-order valence-corrected chi connectivity index (χ0v) is 17.4. The van der Waals surface area contributed by atoms with Gasteiger partial charge >= 0.3 is 0 Å². The van der Waals surface area contributed by atoms with Crippen LogP contribution < -0.4 is 5.84 Å². The van der Waals surface area contributed by atoms with Crippen molar-refractivity contribution in [3.05, 3.63) is 62.6 Å². The highest BCUT2D eigenvalue weighted by Crippen LogP contribution is 2.30. The molecule has 5 nitrogen and oxygen atoms in total. The third kappa shape index (κ3) is 4.13. The average Bonchev–Trinajstić information content (AvgIpc) is 2.96. The van der Waals surface area contributed by atoms with Gasteiger partial charge in [-0.1, -0.05) is 41.0 Å². The predicted octanol–water partition coefficient (Wildman–Crippen LogP) is 4.87. The fraction of sp³-hybridized carbons (Fsp3) is 0.211. The Morgan fingerprint density at radius 3 is 2.48 bits per heavy atom. The van der Waals surface area contributed by atoms with Crippen LogP contribution in [0.2, 0.25) is 10.0 Å². The van der Waals surface area contributed by atoms with Gasteiger partial charge in [0.05, 0.1) is 10.8 Å². The van der Waals surface area contributed by atoms with Crippen LogP contribution in [0.5, 0.6) is 0 Å². The number of aryl methyl sites for hydroxylation is 3. The van der Waals surface area contributed by atoms with E-state index < -0.39 is 0 Å². The Hall–Kier alpha value is -2.02. The molecule has 0 amide bonds. The number of ketones is 1. The zero-order valence-electron chi connectivity index (χ0n) is 15.1. The topological polar surface area (TPSA) is 73.8 Å². The maximum absolute atomic E-state index is 12.6. The number of halogens is 2. The van der Waals surface area contributed by atoms with Crippen molar-refractivity contribution in [1.29, 1.82) is 0 Å². The Kier molecular flexibility index (Phi) is 5.79. The Labute approximate surface area is 171 Å². The first-order valence-corrected chi connectivity index (χ1v) is 9.92. The maximum Gasteiger partial charge on any atom is 0.210 e. The summed E-state index contributed by atoms with van der Waals surface area (Å²) in [4.78, 5) is 12.6. The van der Waals surface area contributed by atoms with Crippen molar-refractivity contribution in [2.75, 3.05) is 11.6 Å². The van der Waals surface area contributed by atoms with Gasteiger partial charge in [-0.25, -0.2) is 4.68 Å². The van der Waals surface area contributed by atoms with Gasteiger partial charge in [0.25, 0.3) is 0 Å². The first-order valence-electron chi connectivity index (χ1n) is 8.17. The summed E-state index contributed by atoms with van der Waals surface area (Å²) in [5.41, 5.74) is 4.57. The van der Waals surface area contributed by atoms with E-state index in [1.165, 1.54) is 22.0 Å². The summed E-state index contributed by atoms with van der Waals surface area (Å²) >= 11 is 13.4. The number of carbonyl (C=O) groups excluding carboxylic acids is 1. The van der Waals surface area contributed by atoms with E-state index in [1.54, 1.807) is 18.2 Å². The highest BCUT2D eigenvalue weighted by atomic mass is 35.5. The van der Waals surface area contributed by atoms with Crippen LogP contribution in [-0.2, 0) is 0 Å². The van der Waals surface area contributed by atoms with E-state index in [0.717, 1.165) is 16.7 Å². The second kappa shape index (κ2) is 7.92. The van der Waals surface area contributed by atoms with E-state index in [1.807, 2.05) is 32.9 Å². The van der Waals surface area contributed by atoms with E-state index >= 15 is 0 Å². The van der Waals surface area contributed by atoms with Gasteiger partial charge in [-0.05, 0) is 61.7 Å². The van der Waals surface area contributed by atoms with Crippen molar-refractivity contribution in [2.45, 2.75) is 25.9 Å². The Bertz CT molecular complexity index is 1030. The summed E-state index contributed by atoms with van der Waals surface area (Å²) in [6.45, 7) is 5.97. The van der Waals surface area contributed by atoms with E-state index in [0.29, 0.717) is 26.6 Å². The largest absolute Gasteiger partial charge is 0.335 e. The molecule has 3 rings (SSSR count). The number of rotatable bonds is 5. The average molecular weight is 421 g/mol. The molecule has 8 heteroatoms. The second-order valence-corrected chi connectivity index (χ2v) is 8.05. The molecule has 2 aromatic carbocycles. The molecule has 0 saturated carbocycles. The highest BCUT2D eigenvalue weighted by molar-refractivity contribution is 7.99. The molecule has 140 valence electrons. The molecule has 0 atom stereocenters. The van der Waals surface area contributed by atoms with Crippen LogP contribution in [0.3, 0.4) is 0 Å². The number of benzene rings is 2. The fourth-order valence-corrected chi connectivity index (χ4v) is 3.93. The minimum Gasteiger partial charge on any atom is -0.335 e. The van der Waals surface area contributed by atoms with Gasteiger partial charge in [0.2, 0.25) is 5.16 Å². The summed E-state index contributed by atoms with van der Waals surface area (Å²) in [7, 11) is 0. The molecule has 0 bridgehead atoms. The Morgan fingerprint density at radius 1 is 1.07 bits per heavy atom. The summed E-state index contributed by atoms with van der Waals surface area (Å²) in [5, 5.41) is 9.57. The normalized spacial score (nSPS) is 11.0. The molecule has 0 aliphatic rings. The molecule has 0 aliphatic carbocycles. The molecule has 0 spiro atoms. The molecule has 0 aliphatic heterocycles. The molecule has 3 aromatic rings. The van der Waals surface area contributed by atoms with Gasteiger partial charge in [-0.3, -0.25) is 4.79 Å². The van der Waals surface area contributed by atoms with Crippen molar-refractivity contribution in [2.24, 2.45) is 0 Å². The van der Waals surface area contributed by atoms with Crippen LogP contribution in [0.15, 0.2) is 35.5 Å². The Balaban J connectivity index is 1.79. The third-order valence-electron chi connectivity index (χ3n) is 4.31. The van der Waals surface area contributed by atoms with Crippen molar-refractivity contribution in [1.82, 2.24) is 14.9 Å². The monoisotopic (exact) mass is 420 g/mol. The van der Waals surface area contributed by atoms with Gasteiger partial charge in [-0.2, -0.15) is 0 Å². The van der Waals surface area contributed by atoms with Crippen molar-refractivity contribution in [3.8, 4) is 11.4 Å². The van der Waals surface area contributed by atoms with Gasteiger partial charge in [0.15, 0.2) is 11.6 Å². The van der Waals surface area contributed by atoms with Gasteiger partial charge in [0, 0.05) is 16.1 Å². The van der Waals surface area contributed by atoms with Crippen LogP contribution in [0.1, 0.15) is 27.0 Å². The number of hydrogen-bond acceptors (Lipinski definition) is 5. The van der Waals surface area contributed by atoms with E-state index in [2.05, 4.69) is 10.2 Å². The molecular formula is C19H18Cl2N4OS. The number of hydrogen-bond donors (Lipinski definition) is 1. The summed E-state index contributed by atoms with van der Waals surface area (Å²) in [5.74, 6) is 6.76. The molecule has 1 aromatic heterocycles. The predicted molar refractivity (Wildman–Crippen MR) is 111 cm³/mol. The molecule has 1 heterocycles. The standard InChI is InChI=1S/C19H18Cl2N4OS/c1-10-6-12(3)15(7-11(10)2)17(26)9-27-19-24-23-18(25(19)22)14-5-4-13(20)8-16(14)21/h4-8H,9,22H2,1-3H3. The fourth-order valence-electron chi connectivity index (χ4n) is 2.70. The number of thioether (sulfide) groups is 1. The summed E-state index contributed by atoms with van der Waals surface area (Å²) < 4.78 is 1.33. The number of nitrogens with zero attached hydrogens (tertiary/aromatic N) is 3. The van der Waals surface area contributed by atoms with E-state index in [-0.39, 0.29) is 11.5 Å². The molecule has 27 heavy (non-hydrogen) atoms. The highest BCUT2D eigenvalue weighted by Gasteiger charge is 2.17. The first-order chi connectivity index (χ1) is 12.8. The summed E-state index contributed by atoms with van der Waals surface area (Å²) in [6, 6.07) is 9.01. The number of Topliss-reactive ketones (excluding diaryl/α,β-unsaturated/α-hetero) is 1. The van der Waals surface area contributed by atoms with Gasteiger partial charge in [-0.15, -0.1) is 10.2 Å². The SMILES string of the molecule is Cc1cc(C)c(C(=O)CSc2nnc(-c3ccc(Cl)cc3Cl)n2N)cc1C. The van der Waals surface area contributed by atoms with Gasteiger partial charge in [0.1, 0.15) is 0 Å². The van der Waals surface area contributed by atoms with Crippen LogP contribution in [0.25, 0.3) is 11.4 Å². The maximum atomic E-state index is 12.6. The molecular weight excluding hydrogens is 403 g/mol. The van der Waals surface area contributed by atoms with Crippen LogP contribution in [0.4, 0.5) is 0 Å². The van der Waals surface area contributed by atoms with Crippen molar-refractivity contribution < 1.29 is 4.79 Å². The number of aromatic nitrogens is 3. The lowest BCUT2D eigenvalue weighted by Gasteiger charge is -2.09. The lowest BCUT2D eigenvalue weighted by Crippen LogP contribution is -2.13. The first kappa shape index (κ1) is 19.7. The van der Waals surface area contributed by atoms with Crippen LogP contribution in [-0.4, -0.2) is 26.4 Å². The smallest absolute Gasteiger partial charge is 0.210 e. The van der Waals surface area contributed by atoms with Crippen LogP contribution in [0, 0.1) is 20.8 Å². The van der Waals surface area contributed by atoms with Crippen molar-refractivity contribution in [3.63, 3.8) is 0 Å². The lowest BCUT2D eigenvalue weighted by molar-refractivity contribution is 0.102. The molecule has 2 N–H and O–H groups in total. The molecule has 0 radical (unpaired) electrons. The third-order valence-corrected chi connectivity index (χ3v) is 5.80. The van der Waals surface area contributed by atoms with E-state index in [4.69, 9.17) is 29.0 Å². The quantitative estimate of drug-likeness (QED) is 0.362. The molecule has 0 fully saturated rings. The van der Waals surface area contributed by atoms with Crippen molar-refractivity contribution >= 4 is 40.7 Å². The minimum absolute atomic E-state index is 0.0228. The number of nitrogen functional groups attached to an aromatic ring is 1. The van der Waals surface area contributed by atoms with Gasteiger partial charge < -0.3 is 5.84 Å². The Morgan fingerprint density at radius 2 is 1.78 bits per heavy atom. The minimum atomic E-state index is 0.0228. The number of carbonyl (C=O) groups is 1. The summed E-state index contributed by atoms with van der Waals surface area (Å²) in [6.07, 6.45) is 0.